The van der Waals surface area contributed by atoms with Gasteiger partial charge in [-0.3, -0.25) is 9.69 Å². The molecule has 1 unspecified atom stereocenters. The van der Waals surface area contributed by atoms with Crippen LogP contribution in [0.2, 0.25) is 5.02 Å². The molecule has 3 rings (SSSR count). The van der Waals surface area contributed by atoms with Crippen LogP contribution in [0.3, 0.4) is 0 Å². The number of benzene rings is 2. The highest BCUT2D eigenvalue weighted by Crippen LogP contribution is 2.28. The Balaban J connectivity index is 1.64. The first-order valence-electron chi connectivity index (χ1n) is 10.1. The van der Waals surface area contributed by atoms with E-state index < -0.39 is 6.10 Å². The van der Waals surface area contributed by atoms with Crippen molar-refractivity contribution in [3.8, 4) is 11.5 Å². The Morgan fingerprint density at radius 2 is 1.97 bits per heavy atom. The Bertz CT molecular complexity index is 960. The maximum Gasteiger partial charge on any atom is 0.161 e. The van der Waals surface area contributed by atoms with Crippen molar-refractivity contribution in [3.63, 3.8) is 0 Å². The number of aliphatic hydroxyl groups is 1. The average molecular weight is 444 g/mol. The molecular weight excluding hydrogens is 418 g/mol. The summed E-state index contributed by atoms with van der Waals surface area (Å²) < 4.78 is 16.8. The molecule has 0 bridgehead atoms. The standard InChI is InChI=1S/C24H26ClNO5/c1-2-29-24-12-19(16-27)8-9-23(24)31-17-21(28)14-26(15-22-7-4-10-30-22)13-18-5-3-6-20(25)11-18/h3-12,16,21,28H,2,13-15,17H2,1H3. The Labute approximate surface area is 187 Å². The van der Waals surface area contributed by atoms with Crippen molar-refractivity contribution in [2.75, 3.05) is 19.8 Å². The lowest BCUT2D eigenvalue weighted by Gasteiger charge is -2.25. The van der Waals surface area contributed by atoms with E-state index in [0.29, 0.717) is 48.3 Å². The molecule has 31 heavy (non-hydrogen) atoms. The second-order valence-electron chi connectivity index (χ2n) is 7.10. The number of carbonyl (C=O) groups excluding carboxylic acids is 1. The molecule has 0 aliphatic heterocycles. The van der Waals surface area contributed by atoms with Crippen molar-refractivity contribution in [3.05, 3.63) is 82.8 Å². The number of rotatable bonds is 12. The maximum atomic E-state index is 11.0. The van der Waals surface area contributed by atoms with Gasteiger partial charge in [-0.1, -0.05) is 23.7 Å². The van der Waals surface area contributed by atoms with Crippen molar-refractivity contribution >= 4 is 17.9 Å². The third-order valence-electron chi connectivity index (χ3n) is 4.56. The van der Waals surface area contributed by atoms with Gasteiger partial charge in [-0.25, -0.2) is 0 Å². The van der Waals surface area contributed by atoms with E-state index in [1.54, 1.807) is 24.5 Å². The first kappa shape index (κ1) is 22.9. The second kappa shape index (κ2) is 11.6. The van der Waals surface area contributed by atoms with E-state index in [0.717, 1.165) is 17.6 Å². The largest absolute Gasteiger partial charge is 0.490 e. The third kappa shape index (κ3) is 7.14. The summed E-state index contributed by atoms with van der Waals surface area (Å²) in [5.74, 6) is 1.77. The molecular formula is C24H26ClNO5. The molecule has 2 aromatic carbocycles. The second-order valence-corrected chi connectivity index (χ2v) is 7.54. The first-order valence-corrected chi connectivity index (χ1v) is 10.5. The zero-order chi connectivity index (χ0) is 22.1. The van der Waals surface area contributed by atoms with Gasteiger partial charge in [-0.15, -0.1) is 0 Å². The van der Waals surface area contributed by atoms with Gasteiger partial charge in [-0.05, 0) is 55.0 Å². The van der Waals surface area contributed by atoms with Crippen molar-refractivity contribution in [2.45, 2.75) is 26.1 Å². The summed E-state index contributed by atoms with van der Waals surface area (Å²) in [5.41, 5.74) is 1.54. The number of aliphatic hydroxyl groups excluding tert-OH is 1. The van der Waals surface area contributed by atoms with Gasteiger partial charge in [0, 0.05) is 23.7 Å². The van der Waals surface area contributed by atoms with Crippen LogP contribution in [0.1, 0.15) is 28.6 Å². The lowest BCUT2D eigenvalue weighted by atomic mass is 10.2. The molecule has 164 valence electrons. The summed E-state index contributed by atoms with van der Waals surface area (Å²) in [5, 5.41) is 11.3. The van der Waals surface area contributed by atoms with E-state index in [1.807, 2.05) is 43.3 Å². The molecule has 1 atom stereocenters. The fourth-order valence-electron chi connectivity index (χ4n) is 3.22. The van der Waals surface area contributed by atoms with E-state index >= 15 is 0 Å². The van der Waals surface area contributed by atoms with Crippen LogP contribution in [0.15, 0.2) is 65.3 Å². The fourth-order valence-corrected chi connectivity index (χ4v) is 3.44. The number of nitrogens with zero attached hydrogens (tertiary/aromatic N) is 1. The average Bonchev–Trinajstić information content (AvgIpc) is 3.26. The highest BCUT2D eigenvalue weighted by Gasteiger charge is 2.16. The van der Waals surface area contributed by atoms with Gasteiger partial charge in [0.25, 0.3) is 0 Å². The van der Waals surface area contributed by atoms with Crippen LogP contribution >= 0.6 is 11.6 Å². The number of halogens is 1. The normalized spacial score (nSPS) is 12.0. The number of hydrogen-bond donors (Lipinski definition) is 1. The van der Waals surface area contributed by atoms with E-state index in [9.17, 15) is 9.90 Å². The van der Waals surface area contributed by atoms with E-state index in [1.165, 1.54) is 0 Å². The summed E-state index contributed by atoms with van der Waals surface area (Å²) in [7, 11) is 0. The highest BCUT2D eigenvalue weighted by molar-refractivity contribution is 6.30. The minimum absolute atomic E-state index is 0.0741. The summed E-state index contributed by atoms with van der Waals surface area (Å²) >= 11 is 6.12. The molecule has 0 aliphatic rings. The summed E-state index contributed by atoms with van der Waals surface area (Å²) in [6, 6.07) is 16.3. The number of aldehydes is 1. The van der Waals surface area contributed by atoms with Crippen molar-refractivity contribution in [1.82, 2.24) is 4.90 Å². The lowest BCUT2D eigenvalue weighted by molar-refractivity contribution is 0.0594. The van der Waals surface area contributed by atoms with Crippen LogP contribution in [0.25, 0.3) is 0 Å². The summed E-state index contributed by atoms with van der Waals surface area (Å²) in [6.45, 7) is 3.87. The van der Waals surface area contributed by atoms with E-state index in [4.69, 9.17) is 25.5 Å². The molecule has 0 amide bonds. The molecule has 7 heteroatoms. The smallest absolute Gasteiger partial charge is 0.161 e. The monoisotopic (exact) mass is 443 g/mol. The minimum atomic E-state index is -0.755. The van der Waals surface area contributed by atoms with Gasteiger partial charge in [0.2, 0.25) is 0 Å². The first-order chi connectivity index (χ1) is 15.1. The molecule has 0 fully saturated rings. The molecule has 0 saturated carbocycles. The van der Waals surface area contributed by atoms with Crippen LogP contribution < -0.4 is 9.47 Å². The molecule has 3 aromatic rings. The van der Waals surface area contributed by atoms with E-state index in [-0.39, 0.29) is 6.61 Å². The Hall–Kier alpha value is -2.80. The SMILES string of the molecule is CCOc1cc(C=O)ccc1OCC(O)CN(Cc1cccc(Cl)c1)Cc1ccco1. The Morgan fingerprint density at radius 3 is 2.68 bits per heavy atom. The zero-order valence-corrected chi connectivity index (χ0v) is 18.1. The molecule has 0 aliphatic carbocycles. The molecule has 1 aromatic heterocycles. The molecule has 0 radical (unpaired) electrons. The topological polar surface area (TPSA) is 72.1 Å². The van der Waals surface area contributed by atoms with Gasteiger partial charge in [0.1, 0.15) is 24.8 Å². The summed E-state index contributed by atoms with van der Waals surface area (Å²) in [6.07, 6.45) is 1.63. The molecule has 6 nitrogen and oxygen atoms in total. The predicted octanol–water partition coefficient (Wildman–Crippen LogP) is 4.59. The summed E-state index contributed by atoms with van der Waals surface area (Å²) in [4.78, 5) is 13.1. The molecule has 0 spiro atoms. The van der Waals surface area contributed by atoms with Gasteiger partial charge in [-0.2, -0.15) is 0 Å². The van der Waals surface area contributed by atoms with Gasteiger partial charge in [0.05, 0.1) is 19.4 Å². The highest BCUT2D eigenvalue weighted by atomic mass is 35.5. The number of carbonyl (C=O) groups is 1. The van der Waals surface area contributed by atoms with Gasteiger partial charge < -0.3 is 19.0 Å². The van der Waals surface area contributed by atoms with Crippen molar-refractivity contribution in [1.29, 1.82) is 0 Å². The molecule has 1 N–H and O–H groups in total. The predicted molar refractivity (Wildman–Crippen MR) is 119 cm³/mol. The van der Waals surface area contributed by atoms with Crippen LogP contribution in [0.4, 0.5) is 0 Å². The van der Waals surface area contributed by atoms with Crippen LogP contribution in [0.5, 0.6) is 11.5 Å². The quantitative estimate of drug-likeness (QED) is 0.413. The minimum Gasteiger partial charge on any atom is -0.490 e. The van der Waals surface area contributed by atoms with Crippen LogP contribution in [-0.4, -0.2) is 42.2 Å². The van der Waals surface area contributed by atoms with Crippen molar-refractivity contribution < 1.29 is 23.8 Å². The van der Waals surface area contributed by atoms with Crippen LogP contribution in [-0.2, 0) is 13.1 Å². The molecule has 1 heterocycles. The van der Waals surface area contributed by atoms with Crippen LogP contribution in [0, 0.1) is 0 Å². The van der Waals surface area contributed by atoms with E-state index in [2.05, 4.69) is 4.90 Å². The number of furan rings is 1. The maximum absolute atomic E-state index is 11.0. The fraction of sp³-hybridized carbons (Fsp3) is 0.292. The van der Waals surface area contributed by atoms with Crippen molar-refractivity contribution in [2.24, 2.45) is 0 Å². The van der Waals surface area contributed by atoms with Gasteiger partial charge in [0.15, 0.2) is 11.5 Å². The lowest BCUT2D eigenvalue weighted by Crippen LogP contribution is -2.35. The zero-order valence-electron chi connectivity index (χ0n) is 17.4. The number of ether oxygens (including phenoxy) is 2. The molecule has 0 saturated heterocycles. The number of hydrogen-bond acceptors (Lipinski definition) is 6. The Kier molecular flexibility index (Phi) is 8.53. The Morgan fingerprint density at radius 1 is 1.10 bits per heavy atom. The third-order valence-corrected chi connectivity index (χ3v) is 4.79. The van der Waals surface area contributed by atoms with Gasteiger partial charge >= 0.3 is 0 Å².